The number of hydrogen-bond donors (Lipinski definition) is 1. The second kappa shape index (κ2) is 6.66. The van der Waals surface area contributed by atoms with Gasteiger partial charge in [0.15, 0.2) is 0 Å². The molecule has 0 aromatic rings. The van der Waals surface area contributed by atoms with Gasteiger partial charge in [0.1, 0.15) is 0 Å². The lowest BCUT2D eigenvalue weighted by Crippen LogP contribution is -2.38. The first kappa shape index (κ1) is 17.8. The van der Waals surface area contributed by atoms with E-state index in [-0.39, 0.29) is 19.3 Å². The Kier molecular flexibility index (Phi) is 5.92. The summed E-state index contributed by atoms with van der Waals surface area (Å²) < 4.78 is 79.5. The highest BCUT2D eigenvalue weighted by Crippen LogP contribution is 2.28. The molecule has 0 aromatic carbocycles. The molecule has 0 saturated heterocycles. The second-order valence-corrected chi connectivity index (χ2v) is 8.36. The van der Waals surface area contributed by atoms with Gasteiger partial charge in [-0.1, -0.05) is 0 Å². The summed E-state index contributed by atoms with van der Waals surface area (Å²) in [5, 5.41) is 0. The van der Waals surface area contributed by atoms with Crippen LogP contribution in [-0.2, 0) is 43.8 Å². The molecule has 1 rings (SSSR count). The molecule has 0 N–H and O–H groups in total. The molecule has 1 saturated carbocycles. The lowest BCUT2D eigenvalue weighted by atomic mass is 9.93. The summed E-state index contributed by atoms with van der Waals surface area (Å²) in [5.74, 6) is 0. The Morgan fingerprint density at radius 1 is 0.800 bits per heavy atom. The maximum absolute atomic E-state index is 11.1. The van der Waals surface area contributed by atoms with E-state index in [0.29, 0.717) is 0 Å². The van der Waals surface area contributed by atoms with E-state index in [2.05, 4.69) is 4.18 Å². The first-order valence-electron chi connectivity index (χ1n) is 5.52. The van der Waals surface area contributed by atoms with E-state index in [4.69, 9.17) is 8.37 Å². The molecule has 0 heterocycles. The van der Waals surface area contributed by atoms with Gasteiger partial charge in [0.2, 0.25) is 0 Å². The van der Waals surface area contributed by atoms with Gasteiger partial charge in [-0.3, -0.25) is 12.5 Å². The van der Waals surface area contributed by atoms with E-state index >= 15 is 0 Å². The van der Waals surface area contributed by atoms with Gasteiger partial charge in [-0.2, -0.15) is 16.8 Å². The lowest BCUT2D eigenvalue weighted by Gasteiger charge is -2.31. The molecule has 0 aromatic heterocycles. The highest BCUT2D eigenvalue weighted by molar-refractivity contribution is 7.86. The van der Waals surface area contributed by atoms with Crippen molar-refractivity contribution in [3.63, 3.8) is 0 Å². The predicted octanol–water partition coefficient (Wildman–Crippen LogP) is -1.23. The topological polar surface area (TPSA) is 130 Å². The van der Waals surface area contributed by atoms with Crippen LogP contribution in [0.5, 0.6) is 0 Å². The minimum absolute atomic E-state index is 0.00956. The van der Waals surface area contributed by atoms with Crippen LogP contribution in [0.3, 0.4) is 0 Å². The van der Waals surface area contributed by atoms with Crippen molar-refractivity contribution in [2.24, 2.45) is 0 Å². The zero-order valence-electron chi connectivity index (χ0n) is 10.8. The molecule has 0 spiro atoms. The minimum atomic E-state index is -3.75. The molecule has 0 bridgehead atoms. The summed E-state index contributed by atoms with van der Waals surface area (Å²) in [6, 6.07) is 0. The molecule has 0 amide bonds. The van der Waals surface area contributed by atoms with Crippen molar-refractivity contribution in [2.45, 2.75) is 37.6 Å². The Balaban J connectivity index is 2.81. The molecule has 0 aliphatic heterocycles. The minimum Gasteiger partial charge on any atom is -0.269 e. The number of thiol groups is 1. The van der Waals surface area contributed by atoms with Crippen LogP contribution in [0, 0.1) is 0 Å². The molecule has 1 aliphatic rings. The Labute approximate surface area is 119 Å². The van der Waals surface area contributed by atoms with E-state index in [0.717, 1.165) is 12.5 Å². The number of rotatable bonds is 6. The second-order valence-electron chi connectivity index (χ2n) is 4.50. The molecule has 0 radical (unpaired) electrons. The lowest BCUT2D eigenvalue weighted by molar-refractivity contribution is 0.0152. The van der Waals surface area contributed by atoms with E-state index < -0.39 is 49.5 Å². The molecule has 9 nitrogen and oxygen atoms in total. The normalized spacial score (nSPS) is 28.6. The predicted molar refractivity (Wildman–Crippen MR) is 68.5 cm³/mol. The fourth-order valence-corrected chi connectivity index (χ4v) is 3.75. The molecule has 12 heteroatoms. The van der Waals surface area contributed by atoms with Crippen molar-refractivity contribution in [3.8, 4) is 0 Å². The smallest absolute Gasteiger partial charge is 0.264 e. The highest BCUT2D eigenvalue weighted by atomic mass is 32.2. The third-order valence-electron chi connectivity index (χ3n) is 2.43. The van der Waals surface area contributed by atoms with Crippen LogP contribution in [0.4, 0.5) is 0 Å². The van der Waals surface area contributed by atoms with Gasteiger partial charge < -0.3 is 0 Å². The van der Waals surface area contributed by atoms with Crippen molar-refractivity contribution in [2.75, 3.05) is 12.5 Å². The summed E-state index contributed by atoms with van der Waals surface area (Å²) in [4.78, 5) is 0. The van der Waals surface area contributed by atoms with Crippen LogP contribution in [0.1, 0.15) is 19.3 Å². The van der Waals surface area contributed by atoms with Gasteiger partial charge in [0.25, 0.3) is 31.2 Å². The fraction of sp³-hybridized carbons (Fsp3) is 1.00. The van der Waals surface area contributed by atoms with Crippen molar-refractivity contribution in [3.05, 3.63) is 0 Å². The van der Waals surface area contributed by atoms with Crippen molar-refractivity contribution in [1.82, 2.24) is 0 Å². The van der Waals surface area contributed by atoms with E-state index in [1.807, 2.05) is 0 Å². The van der Waals surface area contributed by atoms with E-state index in [1.165, 1.54) is 0 Å². The summed E-state index contributed by atoms with van der Waals surface area (Å²) in [6.45, 7) is 0. The summed E-state index contributed by atoms with van der Waals surface area (Å²) in [7, 11) is -10.6. The standard InChI is InChI=1S/C8H16O9S3/c1-19(11,12)16-7-3-6(15-18(9)10)4-8(5-7)17-20(2,13)14/h6-8,18H,3-5H2,1-2H3. The molecular weight excluding hydrogens is 336 g/mol. The third-order valence-corrected chi connectivity index (χ3v) is 4.15. The third kappa shape index (κ3) is 7.50. The Morgan fingerprint density at radius 2 is 1.15 bits per heavy atom. The quantitative estimate of drug-likeness (QED) is 0.461. The molecule has 20 heavy (non-hydrogen) atoms. The van der Waals surface area contributed by atoms with Crippen LogP contribution in [0.15, 0.2) is 0 Å². The van der Waals surface area contributed by atoms with Crippen molar-refractivity contribution >= 4 is 31.2 Å². The zero-order valence-corrected chi connectivity index (χ0v) is 13.3. The highest BCUT2D eigenvalue weighted by Gasteiger charge is 2.35. The van der Waals surface area contributed by atoms with Crippen LogP contribution in [0.2, 0.25) is 0 Å². The zero-order chi connectivity index (χ0) is 15.6. The maximum Gasteiger partial charge on any atom is 0.264 e. The molecule has 2 atom stereocenters. The van der Waals surface area contributed by atoms with Crippen LogP contribution in [0.25, 0.3) is 0 Å². The van der Waals surface area contributed by atoms with Crippen molar-refractivity contribution in [1.29, 1.82) is 0 Å². The van der Waals surface area contributed by atoms with E-state index in [1.54, 1.807) is 0 Å². The van der Waals surface area contributed by atoms with Crippen molar-refractivity contribution < 1.29 is 37.8 Å². The molecule has 120 valence electrons. The molecule has 1 aliphatic carbocycles. The van der Waals surface area contributed by atoms with Gasteiger partial charge in [-0.15, -0.1) is 0 Å². The first-order chi connectivity index (χ1) is 8.94. The van der Waals surface area contributed by atoms with Crippen LogP contribution < -0.4 is 0 Å². The average Bonchev–Trinajstić information content (AvgIpc) is 2.08. The molecular formula is C8H16O9S3. The average molecular weight is 352 g/mol. The fourth-order valence-electron chi connectivity index (χ4n) is 2.03. The Bertz CT molecular complexity index is 553. The van der Waals surface area contributed by atoms with Crippen LogP contribution >= 0.6 is 0 Å². The Morgan fingerprint density at radius 3 is 1.45 bits per heavy atom. The maximum atomic E-state index is 11.1. The number of hydrogen-bond acceptors (Lipinski definition) is 9. The summed E-state index contributed by atoms with van der Waals surface area (Å²) >= 11 is 0. The summed E-state index contributed by atoms with van der Waals surface area (Å²) in [5.41, 5.74) is 0. The molecule has 2 unspecified atom stereocenters. The van der Waals surface area contributed by atoms with Gasteiger partial charge in [-0.05, 0) is 0 Å². The van der Waals surface area contributed by atoms with Gasteiger partial charge >= 0.3 is 0 Å². The van der Waals surface area contributed by atoms with Gasteiger partial charge in [0.05, 0.1) is 30.8 Å². The Hall–Kier alpha value is -0.270. The largest absolute Gasteiger partial charge is 0.269 e. The summed E-state index contributed by atoms with van der Waals surface area (Å²) in [6.07, 6.45) is -0.953. The first-order valence-corrected chi connectivity index (χ1v) is 10.2. The molecule has 1 fully saturated rings. The van der Waals surface area contributed by atoms with Crippen LogP contribution in [-0.4, -0.2) is 56.1 Å². The monoisotopic (exact) mass is 352 g/mol. The van der Waals surface area contributed by atoms with E-state index in [9.17, 15) is 25.3 Å². The van der Waals surface area contributed by atoms with Gasteiger partial charge in [0, 0.05) is 19.3 Å². The van der Waals surface area contributed by atoms with Gasteiger partial charge in [-0.25, -0.2) is 8.42 Å². The SMILES string of the molecule is CS(=O)(=O)OC1CC(O[SH](=O)=O)CC(OS(C)(=O)=O)C1.